The summed E-state index contributed by atoms with van der Waals surface area (Å²) in [5.41, 5.74) is 0.891. The van der Waals surface area contributed by atoms with Crippen LogP contribution >= 0.6 is 0 Å². The summed E-state index contributed by atoms with van der Waals surface area (Å²) >= 11 is 0. The highest BCUT2D eigenvalue weighted by Gasteiger charge is 2.15. The predicted octanol–water partition coefficient (Wildman–Crippen LogP) is 1.52. The van der Waals surface area contributed by atoms with Crippen molar-refractivity contribution in [2.24, 2.45) is 0 Å². The van der Waals surface area contributed by atoms with E-state index in [0.717, 1.165) is 5.56 Å². The minimum absolute atomic E-state index is 0.0643. The Hall–Kier alpha value is -1.78. The molecular weight excluding hydrogens is 210 g/mol. The standard InChI is InChI=1S/C11H15NO4/c1-8-6-9(16-7-8)11(15)12(2)5-3-4-10(13)14/h6-7H,3-5H2,1-2H3,(H,13,14). The van der Waals surface area contributed by atoms with Crippen molar-refractivity contribution in [1.82, 2.24) is 4.90 Å². The monoisotopic (exact) mass is 225 g/mol. The van der Waals surface area contributed by atoms with Crippen molar-refractivity contribution in [2.75, 3.05) is 13.6 Å². The molecule has 5 nitrogen and oxygen atoms in total. The van der Waals surface area contributed by atoms with Crippen molar-refractivity contribution in [3.05, 3.63) is 23.7 Å². The first-order valence-electron chi connectivity index (χ1n) is 5.03. The molecule has 88 valence electrons. The van der Waals surface area contributed by atoms with Crippen LogP contribution in [-0.2, 0) is 4.79 Å². The molecule has 1 aromatic heterocycles. The average molecular weight is 225 g/mol. The number of aryl methyl sites for hydroxylation is 1. The number of hydrogen-bond donors (Lipinski definition) is 1. The maximum absolute atomic E-state index is 11.7. The van der Waals surface area contributed by atoms with Gasteiger partial charge < -0.3 is 14.4 Å². The smallest absolute Gasteiger partial charge is 0.303 e. The van der Waals surface area contributed by atoms with E-state index in [-0.39, 0.29) is 18.1 Å². The number of nitrogens with zero attached hydrogens (tertiary/aromatic N) is 1. The van der Waals surface area contributed by atoms with Crippen LogP contribution in [0.4, 0.5) is 0 Å². The van der Waals surface area contributed by atoms with Gasteiger partial charge in [-0.15, -0.1) is 0 Å². The van der Waals surface area contributed by atoms with Crippen LogP contribution in [0.15, 0.2) is 16.7 Å². The molecule has 0 saturated heterocycles. The molecule has 0 aliphatic rings. The molecule has 0 aliphatic heterocycles. The van der Waals surface area contributed by atoms with Gasteiger partial charge >= 0.3 is 5.97 Å². The van der Waals surface area contributed by atoms with Crippen LogP contribution in [0.5, 0.6) is 0 Å². The fourth-order valence-electron chi connectivity index (χ4n) is 1.30. The zero-order chi connectivity index (χ0) is 12.1. The minimum Gasteiger partial charge on any atom is -0.481 e. The fraction of sp³-hybridized carbons (Fsp3) is 0.455. The van der Waals surface area contributed by atoms with Crippen LogP contribution < -0.4 is 0 Å². The van der Waals surface area contributed by atoms with Gasteiger partial charge in [0.1, 0.15) is 0 Å². The van der Waals surface area contributed by atoms with E-state index in [0.29, 0.717) is 13.0 Å². The average Bonchev–Trinajstić information content (AvgIpc) is 2.63. The minimum atomic E-state index is -0.852. The van der Waals surface area contributed by atoms with Gasteiger partial charge in [-0.05, 0) is 25.0 Å². The van der Waals surface area contributed by atoms with E-state index in [1.807, 2.05) is 6.92 Å². The molecule has 1 heterocycles. The topological polar surface area (TPSA) is 70.8 Å². The molecule has 0 radical (unpaired) electrons. The Morgan fingerprint density at radius 2 is 2.19 bits per heavy atom. The summed E-state index contributed by atoms with van der Waals surface area (Å²) in [6.07, 6.45) is 2.02. The van der Waals surface area contributed by atoms with Crippen LogP contribution in [0.25, 0.3) is 0 Å². The number of hydrogen-bond acceptors (Lipinski definition) is 3. The van der Waals surface area contributed by atoms with Gasteiger partial charge in [0.25, 0.3) is 5.91 Å². The van der Waals surface area contributed by atoms with Gasteiger partial charge in [0, 0.05) is 20.0 Å². The lowest BCUT2D eigenvalue weighted by atomic mass is 10.3. The highest BCUT2D eigenvalue weighted by atomic mass is 16.4. The molecule has 0 saturated carbocycles. The highest BCUT2D eigenvalue weighted by Crippen LogP contribution is 2.09. The maximum atomic E-state index is 11.7. The molecule has 0 aromatic carbocycles. The third-order valence-corrected chi connectivity index (χ3v) is 2.17. The summed E-state index contributed by atoms with van der Waals surface area (Å²) in [5.74, 6) is -0.788. The Morgan fingerprint density at radius 3 is 2.69 bits per heavy atom. The number of carboxylic acids is 1. The first-order chi connectivity index (χ1) is 7.50. The van der Waals surface area contributed by atoms with Gasteiger partial charge in [-0.1, -0.05) is 0 Å². The van der Waals surface area contributed by atoms with E-state index in [1.165, 1.54) is 11.2 Å². The van der Waals surface area contributed by atoms with Crippen LogP contribution in [-0.4, -0.2) is 35.5 Å². The van der Waals surface area contributed by atoms with Crippen molar-refractivity contribution >= 4 is 11.9 Å². The predicted molar refractivity (Wildman–Crippen MR) is 57.3 cm³/mol. The summed E-state index contributed by atoms with van der Waals surface area (Å²) in [4.78, 5) is 23.5. The molecule has 0 spiro atoms. The number of amides is 1. The molecular formula is C11H15NO4. The third kappa shape index (κ3) is 3.42. The Kier molecular flexibility index (Phi) is 4.10. The number of rotatable bonds is 5. The molecule has 0 fully saturated rings. The number of carbonyl (C=O) groups excluding carboxylic acids is 1. The molecule has 1 rings (SSSR count). The molecule has 0 unspecified atom stereocenters. The van der Waals surface area contributed by atoms with E-state index in [1.54, 1.807) is 13.1 Å². The first-order valence-corrected chi connectivity index (χ1v) is 5.03. The molecule has 1 N–H and O–H groups in total. The van der Waals surface area contributed by atoms with Crippen LogP contribution in [0.1, 0.15) is 29.0 Å². The molecule has 1 aromatic rings. The largest absolute Gasteiger partial charge is 0.481 e. The second kappa shape index (κ2) is 5.34. The zero-order valence-electron chi connectivity index (χ0n) is 9.40. The summed E-state index contributed by atoms with van der Waals surface area (Å²) in [6, 6.07) is 1.66. The number of carbonyl (C=O) groups is 2. The van der Waals surface area contributed by atoms with Crippen molar-refractivity contribution in [2.45, 2.75) is 19.8 Å². The summed E-state index contributed by atoms with van der Waals surface area (Å²) in [5, 5.41) is 8.46. The molecule has 0 atom stereocenters. The number of carboxylic acid groups (broad SMARTS) is 1. The van der Waals surface area contributed by atoms with E-state index >= 15 is 0 Å². The van der Waals surface area contributed by atoms with Gasteiger partial charge in [-0.25, -0.2) is 0 Å². The summed E-state index contributed by atoms with van der Waals surface area (Å²) in [7, 11) is 1.63. The van der Waals surface area contributed by atoms with E-state index in [2.05, 4.69) is 0 Å². The van der Waals surface area contributed by atoms with E-state index < -0.39 is 5.97 Å². The summed E-state index contributed by atoms with van der Waals surface area (Å²) in [6.45, 7) is 2.25. The van der Waals surface area contributed by atoms with Gasteiger partial charge in [0.05, 0.1) is 6.26 Å². The lowest BCUT2D eigenvalue weighted by Crippen LogP contribution is -2.27. The zero-order valence-corrected chi connectivity index (χ0v) is 9.40. The molecule has 0 bridgehead atoms. The van der Waals surface area contributed by atoms with Crippen LogP contribution in [0.2, 0.25) is 0 Å². The van der Waals surface area contributed by atoms with Crippen molar-refractivity contribution in [3.8, 4) is 0 Å². The second-order valence-corrected chi connectivity index (χ2v) is 3.71. The normalized spacial score (nSPS) is 10.1. The Labute approximate surface area is 93.7 Å². The Balaban J connectivity index is 2.45. The van der Waals surface area contributed by atoms with Crippen LogP contribution in [0.3, 0.4) is 0 Å². The van der Waals surface area contributed by atoms with Gasteiger partial charge in [-0.2, -0.15) is 0 Å². The van der Waals surface area contributed by atoms with Crippen molar-refractivity contribution in [1.29, 1.82) is 0 Å². The SMILES string of the molecule is Cc1coc(C(=O)N(C)CCCC(=O)O)c1. The quantitative estimate of drug-likeness (QED) is 0.824. The van der Waals surface area contributed by atoms with E-state index in [9.17, 15) is 9.59 Å². The summed E-state index contributed by atoms with van der Waals surface area (Å²) < 4.78 is 5.07. The number of furan rings is 1. The van der Waals surface area contributed by atoms with Crippen LogP contribution in [0, 0.1) is 6.92 Å². The number of aliphatic carboxylic acids is 1. The molecule has 0 aliphatic carbocycles. The van der Waals surface area contributed by atoms with E-state index in [4.69, 9.17) is 9.52 Å². The van der Waals surface area contributed by atoms with Gasteiger partial charge in [0.2, 0.25) is 0 Å². The van der Waals surface area contributed by atoms with Crippen molar-refractivity contribution in [3.63, 3.8) is 0 Å². The fourth-order valence-corrected chi connectivity index (χ4v) is 1.30. The van der Waals surface area contributed by atoms with Gasteiger partial charge in [-0.3, -0.25) is 9.59 Å². The molecule has 16 heavy (non-hydrogen) atoms. The Morgan fingerprint density at radius 1 is 1.50 bits per heavy atom. The lowest BCUT2D eigenvalue weighted by Gasteiger charge is -2.14. The Bertz CT molecular complexity index is 383. The molecule has 1 amide bonds. The van der Waals surface area contributed by atoms with Crippen molar-refractivity contribution < 1.29 is 19.1 Å². The second-order valence-electron chi connectivity index (χ2n) is 3.71. The first kappa shape index (κ1) is 12.3. The maximum Gasteiger partial charge on any atom is 0.303 e. The lowest BCUT2D eigenvalue weighted by molar-refractivity contribution is -0.137. The van der Waals surface area contributed by atoms with Gasteiger partial charge in [0.15, 0.2) is 5.76 Å². The highest BCUT2D eigenvalue weighted by molar-refractivity contribution is 5.91. The third-order valence-electron chi connectivity index (χ3n) is 2.17. The molecule has 5 heteroatoms.